The Labute approximate surface area is 124 Å². The van der Waals surface area contributed by atoms with E-state index in [0.29, 0.717) is 17.0 Å². The molecule has 0 aliphatic rings. The predicted octanol–water partition coefficient (Wildman–Crippen LogP) is 3.69. The van der Waals surface area contributed by atoms with Crippen molar-refractivity contribution >= 4 is 23.4 Å². The number of halogens is 2. The van der Waals surface area contributed by atoms with E-state index in [9.17, 15) is 13.6 Å². The van der Waals surface area contributed by atoms with E-state index in [1.807, 2.05) is 6.92 Å². The quantitative estimate of drug-likeness (QED) is 0.875. The van der Waals surface area contributed by atoms with Crippen molar-refractivity contribution in [2.75, 3.05) is 5.32 Å². The molecule has 112 valence electrons. The molecule has 21 heavy (non-hydrogen) atoms. The number of amides is 1. The zero-order valence-electron chi connectivity index (χ0n) is 11.7. The van der Waals surface area contributed by atoms with Crippen LogP contribution in [0, 0.1) is 25.5 Å². The second-order valence-corrected chi connectivity index (χ2v) is 5.79. The molecule has 1 aromatic carbocycles. The standard InChI is InChI=1S/C14H14F2N2O2S/c1-7-8(2)20-14(17-7)21-9(3)13(19)18-12-5-4-10(15)6-11(12)16/h4-6,9H,1-3H3,(H,18,19). The number of nitrogens with one attached hydrogen (secondary N) is 1. The number of carbonyl (C=O) groups excluding carboxylic acids is 1. The second-order valence-electron chi connectivity index (χ2n) is 4.49. The Morgan fingerprint density at radius 2 is 2.10 bits per heavy atom. The van der Waals surface area contributed by atoms with Crippen molar-refractivity contribution in [1.29, 1.82) is 0 Å². The van der Waals surface area contributed by atoms with Crippen molar-refractivity contribution in [3.8, 4) is 0 Å². The van der Waals surface area contributed by atoms with Gasteiger partial charge < -0.3 is 9.73 Å². The normalized spacial score (nSPS) is 12.2. The molecular weight excluding hydrogens is 298 g/mol. The molecule has 0 saturated heterocycles. The monoisotopic (exact) mass is 312 g/mol. The van der Waals surface area contributed by atoms with E-state index >= 15 is 0 Å². The predicted molar refractivity (Wildman–Crippen MR) is 76.3 cm³/mol. The number of thioether (sulfide) groups is 1. The lowest BCUT2D eigenvalue weighted by Crippen LogP contribution is -2.23. The lowest BCUT2D eigenvalue weighted by atomic mass is 10.3. The van der Waals surface area contributed by atoms with Crippen LogP contribution in [0.1, 0.15) is 18.4 Å². The van der Waals surface area contributed by atoms with Gasteiger partial charge in [0, 0.05) is 6.07 Å². The Balaban J connectivity index is 2.02. The molecule has 0 radical (unpaired) electrons. The summed E-state index contributed by atoms with van der Waals surface area (Å²) < 4.78 is 31.6. The second kappa shape index (κ2) is 6.26. The number of hydrogen-bond acceptors (Lipinski definition) is 4. The fraction of sp³-hybridized carbons (Fsp3) is 0.286. The molecule has 2 aromatic rings. The minimum atomic E-state index is -0.816. The maximum absolute atomic E-state index is 13.5. The highest BCUT2D eigenvalue weighted by atomic mass is 32.2. The van der Waals surface area contributed by atoms with Gasteiger partial charge in [-0.2, -0.15) is 0 Å². The summed E-state index contributed by atoms with van der Waals surface area (Å²) in [7, 11) is 0. The first-order valence-corrected chi connectivity index (χ1v) is 7.11. The van der Waals surface area contributed by atoms with Crippen molar-refractivity contribution in [2.24, 2.45) is 0 Å². The van der Waals surface area contributed by atoms with Gasteiger partial charge in [-0.3, -0.25) is 4.79 Å². The van der Waals surface area contributed by atoms with Crippen LogP contribution in [-0.4, -0.2) is 16.1 Å². The molecule has 0 aliphatic carbocycles. The van der Waals surface area contributed by atoms with E-state index in [4.69, 9.17) is 4.42 Å². The summed E-state index contributed by atoms with van der Waals surface area (Å²) in [5, 5.41) is 2.25. The van der Waals surface area contributed by atoms with E-state index in [2.05, 4.69) is 10.3 Å². The van der Waals surface area contributed by atoms with Crippen LogP contribution < -0.4 is 5.32 Å². The fourth-order valence-corrected chi connectivity index (χ4v) is 2.35. The van der Waals surface area contributed by atoms with E-state index in [1.165, 1.54) is 6.07 Å². The van der Waals surface area contributed by atoms with E-state index < -0.39 is 22.8 Å². The number of hydrogen-bond donors (Lipinski definition) is 1. The van der Waals surface area contributed by atoms with Crippen LogP contribution >= 0.6 is 11.8 Å². The average molecular weight is 312 g/mol. The molecule has 0 bridgehead atoms. The molecule has 1 unspecified atom stereocenters. The van der Waals surface area contributed by atoms with Gasteiger partial charge in [0.15, 0.2) is 0 Å². The third-order valence-electron chi connectivity index (χ3n) is 2.84. The molecule has 0 saturated carbocycles. The van der Waals surface area contributed by atoms with E-state index in [0.717, 1.165) is 23.5 Å². The number of aromatic nitrogens is 1. The minimum absolute atomic E-state index is 0.0615. The van der Waals surface area contributed by atoms with Gasteiger partial charge in [-0.25, -0.2) is 13.8 Å². The Morgan fingerprint density at radius 3 is 2.67 bits per heavy atom. The molecule has 1 N–H and O–H groups in total. The SMILES string of the molecule is Cc1nc(SC(C)C(=O)Nc2ccc(F)cc2F)oc1C. The van der Waals surface area contributed by atoms with E-state index in [1.54, 1.807) is 13.8 Å². The molecule has 0 spiro atoms. The van der Waals surface area contributed by atoms with E-state index in [-0.39, 0.29) is 5.69 Å². The number of carbonyl (C=O) groups is 1. The maximum atomic E-state index is 13.5. The summed E-state index contributed by atoms with van der Waals surface area (Å²) in [5.41, 5.74) is 0.698. The van der Waals surface area contributed by atoms with Crippen LogP contribution in [0.4, 0.5) is 14.5 Å². The zero-order valence-corrected chi connectivity index (χ0v) is 12.6. The zero-order chi connectivity index (χ0) is 15.6. The van der Waals surface area contributed by atoms with Gasteiger partial charge in [-0.1, -0.05) is 11.8 Å². The number of oxazole rings is 1. The largest absolute Gasteiger partial charge is 0.437 e. The Kier molecular flexibility index (Phi) is 4.62. The molecule has 1 atom stereocenters. The number of rotatable bonds is 4. The van der Waals surface area contributed by atoms with Crippen molar-refractivity contribution in [2.45, 2.75) is 31.2 Å². The summed E-state index contributed by atoms with van der Waals surface area (Å²) in [5.74, 6) is -1.24. The van der Waals surface area contributed by atoms with Gasteiger partial charge in [0.2, 0.25) is 5.91 Å². The molecule has 1 heterocycles. The Bertz CT molecular complexity index is 653. The molecule has 2 rings (SSSR count). The third-order valence-corrected chi connectivity index (χ3v) is 3.79. The topological polar surface area (TPSA) is 55.1 Å². The van der Waals surface area contributed by atoms with Crippen molar-refractivity contribution in [1.82, 2.24) is 4.98 Å². The van der Waals surface area contributed by atoms with Crippen LogP contribution in [0.2, 0.25) is 0 Å². The molecule has 4 nitrogen and oxygen atoms in total. The lowest BCUT2D eigenvalue weighted by Gasteiger charge is -2.10. The Morgan fingerprint density at radius 1 is 1.38 bits per heavy atom. The first-order valence-electron chi connectivity index (χ1n) is 6.23. The fourth-order valence-electron chi connectivity index (χ4n) is 1.52. The highest BCUT2D eigenvalue weighted by Gasteiger charge is 2.19. The maximum Gasteiger partial charge on any atom is 0.256 e. The number of nitrogens with zero attached hydrogens (tertiary/aromatic N) is 1. The van der Waals surface area contributed by atoms with Gasteiger partial charge in [0.05, 0.1) is 16.6 Å². The van der Waals surface area contributed by atoms with Gasteiger partial charge in [0.25, 0.3) is 5.22 Å². The highest BCUT2D eigenvalue weighted by Crippen LogP contribution is 2.25. The van der Waals surface area contributed by atoms with Crippen LogP contribution in [-0.2, 0) is 4.79 Å². The van der Waals surface area contributed by atoms with Crippen molar-refractivity contribution < 1.29 is 18.0 Å². The average Bonchev–Trinajstić information content (AvgIpc) is 2.71. The summed E-state index contributed by atoms with van der Waals surface area (Å²) in [6.07, 6.45) is 0. The van der Waals surface area contributed by atoms with Crippen LogP contribution in [0.15, 0.2) is 27.8 Å². The summed E-state index contributed by atoms with van der Waals surface area (Å²) in [4.78, 5) is 16.1. The van der Waals surface area contributed by atoms with Gasteiger partial charge in [-0.15, -0.1) is 0 Å². The first-order chi connectivity index (χ1) is 9.86. The third kappa shape index (κ3) is 3.81. The van der Waals surface area contributed by atoms with Gasteiger partial charge in [-0.05, 0) is 32.9 Å². The van der Waals surface area contributed by atoms with Crippen LogP contribution in [0.5, 0.6) is 0 Å². The van der Waals surface area contributed by atoms with Crippen molar-refractivity contribution in [3.05, 3.63) is 41.3 Å². The van der Waals surface area contributed by atoms with Crippen molar-refractivity contribution in [3.63, 3.8) is 0 Å². The molecule has 0 aliphatic heterocycles. The molecule has 7 heteroatoms. The van der Waals surface area contributed by atoms with Crippen LogP contribution in [0.3, 0.4) is 0 Å². The molecule has 1 aromatic heterocycles. The number of anilines is 1. The molecule has 0 fully saturated rings. The highest BCUT2D eigenvalue weighted by molar-refractivity contribution is 8.00. The summed E-state index contributed by atoms with van der Waals surface area (Å²) in [6, 6.07) is 2.98. The number of benzene rings is 1. The smallest absolute Gasteiger partial charge is 0.256 e. The lowest BCUT2D eigenvalue weighted by molar-refractivity contribution is -0.115. The van der Waals surface area contributed by atoms with Crippen LogP contribution in [0.25, 0.3) is 0 Å². The number of aryl methyl sites for hydroxylation is 2. The van der Waals surface area contributed by atoms with Gasteiger partial charge >= 0.3 is 0 Å². The molecular formula is C14H14F2N2O2S. The Hall–Kier alpha value is -1.89. The molecule has 1 amide bonds. The first kappa shape index (κ1) is 15.5. The van der Waals surface area contributed by atoms with Gasteiger partial charge in [0.1, 0.15) is 17.4 Å². The summed E-state index contributed by atoms with van der Waals surface area (Å²) in [6.45, 7) is 5.24. The minimum Gasteiger partial charge on any atom is -0.437 e. The summed E-state index contributed by atoms with van der Waals surface area (Å²) >= 11 is 1.13.